The third kappa shape index (κ3) is 2.89. The predicted octanol–water partition coefficient (Wildman–Crippen LogP) is 4.73. The molecule has 16 heavy (non-hydrogen) atoms. The highest BCUT2D eigenvalue weighted by Gasteiger charge is 2.00. The van der Waals surface area contributed by atoms with Crippen molar-refractivity contribution in [1.29, 1.82) is 0 Å². The summed E-state index contributed by atoms with van der Waals surface area (Å²) in [6.45, 7) is 2.75. The van der Waals surface area contributed by atoms with Crippen LogP contribution in [0.1, 0.15) is 11.3 Å². The van der Waals surface area contributed by atoms with Crippen molar-refractivity contribution in [3.8, 4) is 0 Å². The fourth-order valence-corrected chi connectivity index (χ4v) is 2.06. The lowest BCUT2D eigenvalue weighted by molar-refractivity contribution is 0.495. The lowest BCUT2D eigenvalue weighted by Gasteiger charge is -2.06. The van der Waals surface area contributed by atoms with E-state index >= 15 is 0 Å². The van der Waals surface area contributed by atoms with Crippen molar-refractivity contribution >= 4 is 37.5 Å². The zero-order valence-corrected chi connectivity index (χ0v) is 11.9. The van der Waals surface area contributed by atoms with Gasteiger partial charge >= 0.3 is 0 Å². The summed E-state index contributed by atoms with van der Waals surface area (Å²) in [6, 6.07) is 10.0. The van der Waals surface area contributed by atoms with Gasteiger partial charge in [-0.15, -0.1) is 0 Å². The van der Waals surface area contributed by atoms with Crippen LogP contribution in [-0.4, -0.2) is 0 Å². The van der Waals surface area contributed by atoms with Crippen LogP contribution in [0.3, 0.4) is 0 Å². The highest BCUT2D eigenvalue weighted by atomic mass is 79.9. The van der Waals surface area contributed by atoms with Crippen LogP contribution in [0.5, 0.6) is 0 Å². The maximum absolute atomic E-state index is 5.40. The summed E-state index contributed by atoms with van der Waals surface area (Å²) in [4.78, 5) is 0. The van der Waals surface area contributed by atoms with Crippen LogP contribution in [0.2, 0.25) is 0 Å². The molecule has 0 amide bonds. The zero-order valence-electron chi connectivity index (χ0n) is 8.76. The highest BCUT2D eigenvalue weighted by molar-refractivity contribution is 9.10. The van der Waals surface area contributed by atoms with Crippen LogP contribution in [-0.2, 0) is 6.54 Å². The Morgan fingerprint density at radius 1 is 1.19 bits per heavy atom. The molecule has 0 bridgehead atoms. The monoisotopic (exact) mass is 343 g/mol. The van der Waals surface area contributed by atoms with Gasteiger partial charge in [-0.3, -0.25) is 0 Å². The van der Waals surface area contributed by atoms with Gasteiger partial charge in [-0.25, -0.2) is 0 Å². The van der Waals surface area contributed by atoms with Crippen molar-refractivity contribution < 1.29 is 4.42 Å². The van der Waals surface area contributed by atoms with E-state index in [-0.39, 0.29) is 0 Å². The molecule has 0 saturated heterocycles. The lowest BCUT2D eigenvalue weighted by Crippen LogP contribution is -1.98. The summed E-state index contributed by atoms with van der Waals surface area (Å²) in [6.07, 6.45) is 0. The minimum Gasteiger partial charge on any atom is -0.452 e. The molecule has 0 fully saturated rings. The summed E-state index contributed by atoms with van der Waals surface area (Å²) in [7, 11) is 0. The Morgan fingerprint density at radius 3 is 2.62 bits per heavy atom. The molecule has 0 unspecified atom stereocenters. The molecule has 0 aliphatic rings. The van der Waals surface area contributed by atoms with Crippen LogP contribution in [0.15, 0.2) is 43.9 Å². The summed E-state index contributed by atoms with van der Waals surface area (Å²) in [5.41, 5.74) is 2.30. The van der Waals surface area contributed by atoms with E-state index in [0.717, 1.165) is 20.6 Å². The first-order valence-electron chi connectivity index (χ1n) is 4.89. The lowest BCUT2D eigenvalue weighted by atomic mass is 10.2. The van der Waals surface area contributed by atoms with Gasteiger partial charge in [0.1, 0.15) is 5.76 Å². The van der Waals surface area contributed by atoms with Gasteiger partial charge in [0.15, 0.2) is 4.67 Å². The SMILES string of the molecule is Cc1ccc(NCc2ccc(Br)o2)cc1Br. The molecule has 1 aromatic heterocycles. The zero-order chi connectivity index (χ0) is 11.5. The van der Waals surface area contributed by atoms with Gasteiger partial charge < -0.3 is 9.73 Å². The highest BCUT2D eigenvalue weighted by Crippen LogP contribution is 2.21. The largest absolute Gasteiger partial charge is 0.452 e. The number of aryl methyl sites for hydroxylation is 1. The molecule has 2 nitrogen and oxygen atoms in total. The molecule has 0 atom stereocenters. The van der Waals surface area contributed by atoms with Crippen molar-refractivity contribution in [1.82, 2.24) is 0 Å². The molecule has 84 valence electrons. The molecule has 0 aliphatic carbocycles. The van der Waals surface area contributed by atoms with Crippen LogP contribution in [0, 0.1) is 6.92 Å². The molecular weight excluding hydrogens is 334 g/mol. The standard InChI is InChI=1S/C12H11Br2NO/c1-8-2-3-9(6-11(8)13)15-7-10-4-5-12(14)16-10/h2-6,15H,7H2,1H3. The molecule has 1 aromatic carbocycles. The summed E-state index contributed by atoms with van der Waals surface area (Å²) in [5, 5.41) is 3.30. The first kappa shape index (κ1) is 11.7. The van der Waals surface area contributed by atoms with Crippen molar-refractivity contribution in [3.05, 3.63) is 50.8 Å². The van der Waals surface area contributed by atoms with E-state index in [9.17, 15) is 0 Å². The summed E-state index contributed by atoms with van der Waals surface area (Å²) >= 11 is 6.78. The van der Waals surface area contributed by atoms with Gasteiger partial charge in [-0.05, 0) is 52.7 Å². The maximum Gasteiger partial charge on any atom is 0.169 e. The molecule has 0 saturated carbocycles. The van der Waals surface area contributed by atoms with E-state index < -0.39 is 0 Å². The number of benzene rings is 1. The van der Waals surface area contributed by atoms with Gasteiger partial charge in [0.05, 0.1) is 6.54 Å². The molecule has 4 heteroatoms. The third-order valence-corrected chi connectivity index (χ3v) is 3.55. The average Bonchev–Trinajstić information content (AvgIpc) is 2.66. The molecule has 1 N–H and O–H groups in total. The van der Waals surface area contributed by atoms with Crippen molar-refractivity contribution in [2.24, 2.45) is 0 Å². The van der Waals surface area contributed by atoms with E-state index in [1.165, 1.54) is 5.56 Å². The first-order chi connectivity index (χ1) is 7.65. The van der Waals surface area contributed by atoms with Gasteiger partial charge in [0.2, 0.25) is 0 Å². The van der Waals surface area contributed by atoms with Gasteiger partial charge in [0, 0.05) is 10.2 Å². The summed E-state index contributed by atoms with van der Waals surface area (Å²) < 4.78 is 7.27. The van der Waals surface area contributed by atoms with Crippen molar-refractivity contribution in [2.75, 3.05) is 5.32 Å². The van der Waals surface area contributed by atoms with E-state index in [0.29, 0.717) is 6.54 Å². The molecule has 2 rings (SSSR count). The number of furan rings is 1. The normalized spacial score (nSPS) is 10.4. The number of anilines is 1. The Balaban J connectivity index is 2.02. The minimum absolute atomic E-state index is 0.682. The van der Waals surface area contributed by atoms with Crippen molar-refractivity contribution in [2.45, 2.75) is 13.5 Å². The molecule has 0 spiro atoms. The summed E-state index contributed by atoms with van der Waals surface area (Å²) in [5.74, 6) is 0.906. The maximum atomic E-state index is 5.40. The van der Waals surface area contributed by atoms with Crippen LogP contribution >= 0.6 is 31.9 Å². The number of hydrogen-bond donors (Lipinski definition) is 1. The van der Waals surface area contributed by atoms with E-state index in [1.807, 2.05) is 12.1 Å². The minimum atomic E-state index is 0.682. The topological polar surface area (TPSA) is 25.2 Å². The first-order valence-corrected chi connectivity index (χ1v) is 6.48. The molecular formula is C12H11Br2NO. The van der Waals surface area contributed by atoms with Crippen LogP contribution in [0.4, 0.5) is 5.69 Å². The van der Waals surface area contributed by atoms with E-state index in [4.69, 9.17) is 4.42 Å². The number of hydrogen-bond acceptors (Lipinski definition) is 2. The van der Waals surface area contributed by atoms with Gasteiger partial charge in [0.25, 0.3) is 0 Å². The predicted molar refractivity (Wildman–Crippen MR) is 72.6 cm³/mol. The second-order valence-corrected chi connectivity index (χ2v) is 5.16. The second-order valence-electron chi connectivity index (χ2n) is 3.52. The third-order valence-electron chi connectivity index (χ3n) is 2.27. The van der Waals surface area contributed by atoms with Crippen LogP contribution < -0.4 is 5.32 Å². The molecule has 0 radical (unpaired) electrons. The fourth-order valence-electron chi connectivity index (χ4n) is 1.34. The molecule has 0 aliphatic heterocycles. The number of nitrogens with one attached hydrogen (secondary N) is 1. The van der Waals surface area contributed by atoms with Gasteiger partial charge in [-0.2, -0.15) is 0 Å². The number of rotatable bonds is 3. The Labute approximate surface area is 111 Å². The Bertz CT molecular complexity index is 494. The Hall–Kier alpha value is -0.740. The molecule has 1 heterocycles. The van der Waals surface area contributed by atoms with Crippen molar-refractivity contribution in [3.63, 3.8) is 0 Å². The van der Waals surface area contributed by atoms with E-state index in [2.05, 4.69) is 62.3 Å². The van der Waals surface area contributed by atoms with Gasteiger partial charge in [-0.1, -0.05) is 22.0 Å². The number of halogens is 2. The second kappa shape index (κ2) is 5.06. The average molecular weight is 345 g/mol. The van der Waals surface area contributed by atoms with Crippen LogP contribution in [0.25, 0.3) is 0 Å². The Kier molecular flexibility index (Phi) is 3.71. The smallest absolute Gasteiger partial charge is 0.169 e. The van der Waals surface area contributed by atoms with E-state index in [1.54, 1.807) is 0 Å². The Morgan fingerprint density at radius 2 is 2.00 bits per heavy atom. The fraction of sp³-hybridized carbons (Fsp3) is 0.167. The quantitative estimate of drug-likeness (QED) is 0.871. The molecule has 2 aromatic rings.